The van der Waals surface area contributed by atoms with E-state index in [-0.39, 0.29) is 54.1 Å². The number of benzene rings is 2. The predicted octanol–water partition coefficient (Wildman–Crippen LogP) is 5.38. The fourth-order valence-corrected chi connectivity index (χ4v) is 6.72. The molecule has 1 aliphatic carbocycles. The van der Waals surface area contributed by atoms with Crippen molar-refractivity contribution in [2.45, 2.75) is 59.8 Å². The molecule has 13 heteroatoms. The van der Waals surface area contributed by atoms with Gasteiger partial charge in [-0.15, -0.1) is 12.4 Å². The van der Waals surface area contributed by atoms with Crippen LogP contribution in [0.4, 0.5) is 30.7 Å². The smallest absolute Gasteiger partial charge is 0.369 e. The number of aliphatic hydroxyl groups is 1. The van der Waals surface area contributed by atoms with Crippen LogP contribution < -0.4 is 5.73 Å². The minimum Gasteiger partial charge on any atom is -0.369 e. The highest BCUT2D eigenvalue weighted by atomic mass is 35.5. The van der Waals surface area contributed by atoms with E-state index in [1.165, 1.54) is 0 Å². The molecule has 0 amide bonds. The van der Waals surface area contributed by atoms with E-state index in [1.807, 2.05) is 0 Å². The van der Waals surface area contributed by atoms with Crippen molar-refractivity contribution >= 4 is 22.2 Å². The van der Waals surface area contributed by atoms with Crippen molar-refractivity contribution in [2.24, 2.45) is 11.7 Å². The summed E-state index contributed by atoms with van der Waals surface area (Å²) in [6.07, 6.45) is -12.0. The molecule has 196 valence electrons. The lowest BCUT2D eigenvalue weighted by Gasteiger charge is -2.42. The zero-order valence-corrected chi connectivity index (χ0v) is 19.8. The molecule has 0 spiro atoms. The molecule has 0 bridgehead atoms. The van der Waals surface area contributed by atoms with Gasteiger partial charge in [0.2, 0.25) is 0 Å². The van der Waals surface area contributed by atoms with Crippen LogP contribution in [0.1, 0.15) is 37.3 Å². The van der Waals surface area contributed by atoms with E-state index in [1.54, 1.807) is 6.92 Å². The fourth-order valence-electron chi connectivity index (χ4n) is 4.46. The quantitative estimate of drug-likeness (QED) is 0.397. The van der Waals surface area contributed by atoms with Gasteiger partial charge in [-0.1, -0.05) is 31.2 Å². The Kier molecular flexibility index (Phi) is 7.99. The Morgan fingerprint density at radius 3 is 1.86 bits per heavy atom. The summed E-state index contributed by atoms with van der Waals surface area (Å²) in [5, 5.41) is 9.64. The summed E-state index contributed by atoms with van der Waals surface area (Å²) in [7, 11) is -4.28. The van der Waals surface area contributed by atoms with Crippen molar-refractivity contribution in [3.05, 3.63) is 65.5 Å². The second-order valence-electron chi connectivity index (χ2n) is 8.62. The molecule has 0 aromatic heterocycles. The number of hydrogen-bond donors (Lipinski definition) is 2. The number of alkyl halides is 6. The summed E-state index contributed by atoms with van der Waals surface area (Å²) in [5.41, 5.74) is -0.651. The fraction of sp³-hybridized carbons (Fsp3) is 0.455. The van der Waals surface area contributed by atoms with Crippen LogP contribution in [-0.2, 0) is 20.2 Å². The third-order valence-corrected chi connectivity index (χ3v) is 9.08. The van der Waals surface area contributed by atoms with Gasteiger partial charge in [-0.2, -0.15) is 26.3 Å². The summed E-state index contributed by atoms with van der Waals surface area (Å²) in [6, 6.07) is 6.16. The van der Waals surface area contributed by atoms with Crippen LogP contribution in [0, 0.1) is 11.7 Å². The molecule has 35 heavy (non-hydrogen) atoms. The molecule has 0 radical (unpaired) electrons. The molecule has 1 aliphatic rings. The van der Waals surface area contributed by atoms with Crippen LogP contribution in [0.25, 0.3) is 0 Å². The molecule has 3 rings (SSSR count). The lowest BCUT2D eigenvalue weighted by molar-refractivity contribution is -0.376. The van der Waals surface area contributed by atoms with Gasteiger partial charge in [-0.3, -0.25) is 0 Å². The SMILES string of the molecule is C[C@@H]1C[C@@](c2ccc(C(O)(C(F)(F)F)C(F)(F)F)cc2)(S(=O)(=O)c2ccc(F)cc2)CCC1N.Cl. The Morgan fingerprint density at radius 1 is 0.943 bits per heavy atom. The lowest BCUT2D eigenvalue weighted by atomic mass is 9.75. The first-order valence-corrected chi connectivity index (χ1v) is 11.7. The highest BCUT2D eigenvalue weighted by Crippen LogP contribution is 2.52. The first kappa shape index (κ1) is 29.3. The predicted molar refractivity (Wildman–Crippen MR) is 116 cm³/mol. The van der Waals surface area contributed by atoms with Crippen molar-refractivity contribution in [3.8, 4) is 0 Å². The van der Waals surface area contributed by atoms with Crippen LogP contribution in [-0.4, -0.2) is 31.9 Å². The number of halogens is 8. The third kappa shape index (κ3) is 4.77. The van der Waals surface area contributed by atoms with Gasteiger partial charge in [0.1, 0.15) is 10.6 Å². The van der Waals surface area contributed by atoms with E-state index < -0.39 is 43.9 Å². The van der Waals surface area contributed by atoms with Crippen LogP contribution in [0.3, 0.4) is 0 Å². The van der Waals surface area contributed by atoms with E-state index in [0.29, 0.717) is 12.1 Å². The molecule has 1 fully saturated rings. The number of hydrogen-bond acceptors (Lipinski definition) is 4. The molecule has 2 aromatic carbocycles. The third-order valence-electron chi connectivity index (χ3n) is 6.55. The number of sulfone groups is 1. The first-order chi connectivity index (χ1) is 15.5. The van der Waals surface area contributed by atoms with E-state index in [0.717, 1.165) is 36.4 Å². The van der Waals surface area contributed by atoms with Crippen LogP contribution in [0.15, 0.2) is 53.4 Å². The molecule has 2 aromatic rings. The molecule has 0 heterocycles. The van der Waals surface area contributed by atoms with Gasteiger partial charge in [0.25, 0.3) is 5.60 Å². The van der Waals surface area contributed by atoms with E-state index in [2.05, 4.69) is 0 Å². The Balaban J connectivity index is 0.00000432. The molecule has 3 N–H and O–H groups in total. The minimum atomic E-state index is -6.07. The normalized spacial score (nSPS) is 24.1. The largest absolute Gasteiger partial charge is 0.430 e. The Hall–Kier alpha value is -1.89. The highest BCUT2D eigenvalue weighted by Gasteiger charge is 2.71. The second-order valence-corrected chi connectivity index (χ2v) is 10.9. The summed E-state index contributed by atoms with van der Waals surface area (Å²) >= 11 is 0. The molecular formula is C22H23ClF7NO3S. The Morgan fingerprint density at radius 2 is 1.43 bits per heavy atom. The maximum absolute atomic E-state index is 13.7. The Labute approximate surface area is 203 Å². The molecule has 4 nitrogen and oxygen atoms in total. The topological polar surface area (TPSA) is 80.4 Å². The van der Waals surface area contributed by atoms with Gasteiger partial charge in [0, 0.05) is 11.6 Å². The maximum Gasteiger partial charge on any atom is 0.430 e. The number of nitrogens with two attached hydrogens (primary N) is 1. The van der Waals surface area contributed by atoms with Gasteiger partial charge < -0.3 is 10.8 Å². The molecule has 1 unspecified atom stereocenters. The highest BCUT2D eigenvalue weighted by molar-refractivity contribution is 7.92. The van der Waals surface area contributed by atoms with Gasteiger partial charge >= 0.3 is 12.4 Å². The minimum absolute atomic E-state index is 0. The summed E-state index contributed by atoms with van der Waals surface area (Å²) in [6.45, 7) is 1.69. The van der Waals surface area contributed by atoms with Crippen LogP contribution >= 0.6 is 12.4 Å². The Bertz CT molecular complexity index is 1120. The zero-order valence-electron chi connectivity index (χ0n) is 18.2. The summed E-state index contributed by atoms with van der Waals surface area (Å²) < 4.78 is 119. The van der Waals surface area contributed by atoms with Crippen molar-refractivity contribution in [1.29, 1.82) is 0 Å². The van der Waals surface area contributed by atoms with Gasteiger partial charge in [0.05, 0.1) is 4.90 Å². The van der Waals surface area contributed by atoms with Crippen molar-refractivity contribution in [2.75, 3.05) is 0 Å². The molecule has 0 aliphatic heterocycles. The van der Waals surface area contributed by atoms with E-state index >= 15 is 0 Å². The monoisotopic (exact) mass is 549 g/mol. The van der Waals surface area contributed by atoms with Crippen LogP contribution in [0.5, 0.6) is 0 Å². The van der Waals surface area contributed by atoms with Crippen molar-refractivity contribution < 1.29 is 44.3 Å². The number of rotatable bonds is 4. The average Bonchev–Trinajstić information content (AvgIpc) is 2.74. The van der Waals surface area contributed by atoms with Gasteiger partial charge in [-0.05, 0) is 55.0 Å². The maximum atomic E-state index is 13.7. The van der Waals surface area contributed by atoms with E-state index in [9.17, 15) is 44.3 Å². The first-order valence-electron chi connectivity index (χ1n) is 10.2. The van der Waals surface area contributed by atoms with Crippen molar-refractivity contribution in [3.63, 3.8) is 0 Å². The average molecular weight is 550 g/mol. The summed E-state index contributed by atoms with van der Waals surface area (Å²) in [5.74, 6) is -1.04. The molecular weight excluding hydrogens is 527 g/mol. The van der Waals surface area contributed by atoms with Crippen LogP contribution in [0.2, 0.25) is 0 Å². The standard InChI is InChI=1S/C22H22F7NO3S.ClH/c1-13-12-19(11-10-18(13)30,34(32,33)17-8-6-16(23)7-9-17)14-2-4-15(5-3-14)20(31,21(24,25)26)22(27,28)29;/h2-9,13,18,31H,10-12,30H2,1H3;1H/t13-,18?,19+;/m1./s1. The molecule has 0 saturated heterocycles. The summed E-state index contributed by atoms with van der Waals surface area (Å²) in [4.78, 5) is -0.247. The second kappa shape index (κ2) is 9.53. The zero-order chi connectivity index (χ0) is 25.7. The molecule has 3 atom stereocenters. The van der Waals surface area contributed by atoms with Gasteiger partial charge in [-0.25, -0.2) is 12.8 Å². The van der Waals surface area contributed by atoms with Gasteiger partial charge in [0.15, 0.2) is 9.84 Å². The lowest BCUT2D eigenvalue weighted by Crippen LogP contribution is -2.54. The molecule has 1 saturated carbocycles. The van der Waals surface area contributed by atoms with Crippen molar-refractivity contribution in [1.82, 2.24) is 0 Å². The van der Waals surface area contributed by atoms with E-state index in [4.69, 9.17) is 5.73 Å².